The van der Waals surface area contributed by atoms with Gasteiger partial charge in [-0.2, -0.15) is 0 Å². The van der Waals surface area contributed by atoms with Crippen LogP contribution in [0.1, 0.15) is 44.1 Å². The summed E-state index contributed by atoms with van der Waals surface area (Å²) in [4.78, 5) is 28.7. The average molecular weight is 547 g/mol. The summed E-state index contributed by atoms with van der Waals surface area (Å²) in [5, 5.41) is 0.655. The third-order valence-electron chi connectivity index (χ3n) is 9.06. The van der Waals surface area contributed by atoms with Gasteiger partial charge in [0.1, 0.15) is 0 Å². The van der Waals surface area contributed by atoms with Crippen molar-refractivity contribution < 1.29 is 13.2 Å². The van der Waals surface area contributed by atoms with E-state index in [0.717, 1.165) is 72.1 Å². The fraction of sp³-hybridized carbons (Fsp3) is 0.483. The Bertz CT molecular complexity index is 1600. The van der Waals surface area contributed by atoms with Crippen molar-refractivity contribution in [2.45, 2.75) is 55.2 Å². The van der Waals surface area contributed by atoms with Crippen molar-refractivity contribution >= 4 is 44.0 Å². The predicted octanol–water partition coefficient (Wildman–Crippen LogP) is 3.74. The van der Waals surface area contributed by atoms with Crippen molar-refractivity contribution in [2.24, 2.45) is 0 Å². The number of amides is 1. The zero-order chi connectivity index (χ0) is 27.1. The van der Waals surface area contributed by atoms with Crippen molar-refractivity contribution in [3.63, 3.8) is 0 Å². The molecule has 2 aliphatic heterocycles. The number of likely N-dealkylation sites (N-methyl/N-ethyl adjacent to an activating group) is 1. The summed E-state index contributed by atoms with van der Waals surface area (Å²) >= 11 is 0. The Balaban J connectivity index is 1.29. The van der Waals surface area contributed by atoms with Gasteiger partial charge in [-0.05, 0) is 76.4 Å². The summed E-state index contributed by atoms with van der Waals surface area (Å²) in [5.41, 5.74) is 4.68. The lowest BCUT2D eigenvalue weighted by Gasteiger charge is -2.36. The van der Waals surface area contributed by atoms with Crippen molar-refractivity contribution in [1.82, 2.24) is 14.9 Å². The number of fused-ring (bicyclic) bond motifs is 4. The number of nitrogens with one attached hydrogen (secondary N) is 1. The number of pyridine rings is 2. The zero-order valence-corrected chi connectivity index (χ0v) is 23.5. The minimum atomic E-state index is -3.46. The molecule has 4 heterocycles. The van der Waals surface area contributed by atoms with E-state index in [1.807, 2.05) is 37.6 Å². The van der Waals surface area contributed by atoms with E-state index in [0.29, 0.717) is 30.4 Å². The molecule has 0 bridgehead atoms. The minimum absolute atomic E-state index is 0.151. The lowest BCUT2D eigenvalue weighted by Crippen LogP contribution is -2.42. The van der Waals surface area contributed by atoms with Gasteiger partial charge in [0, 0.05) is 48.9 Å². The maximum absolute atomic E-state index is 13.0. The van der Waals surface area contributed by atoms with Gasteiger partial charge < -0.3 is 14.7 Å². The molecule has 0 unspecified atom stereocenters. The molecular weight excluding hydrogens is 512 g/mol. The fourth-order valence-electron chi connectivity index (χ4n) is 6.40. The standard InChI is InChI=1S/C29H34N6O3S/c1-33(2)20-8-12-35(13-9-20)27-24(32-39(37,38)21-5-6-21)15-19(16-31-27)18-4-7-23-22(14-18)26-25(17-30-23)34(3)28(36)29(26)10-11-29/h4,7,14-17,20-21,32H,5-6,8-13H2,1-3H3. The largest absolute Gasteiger partial charge is 0.355 e. The highest BCUT2D eigenvalue weighted by atomic mass is 32.2. The van der Waals surface area contributed by atoms with Crippen molar-refractivity contribution in [2.75, 3.05) is 48.8 Å². The first kappa shape index (κ1) is 24.8. The maximum atomic E-state index is 13.0. The third kappa shape index (κ3) is 3.98. The van der Waals surface area contributed by atoms with Crippen LogP contribution < -0.4 is 14.5 Å². The van der Waals surface area contributed by atoms with E-state index in [9.17, 15) is 13.2 Å². The molecule has 10 heteroatoms. The normalized spacial score (nSPS) is 20.8. The number of piperidine rings is 1. The maximum Gasteiger partial charge on any atom is 0.237 e. The number of hydrogen-bond acceptors (Lipinski definition) is 7. The van der Waals surface area contributed by atoms with Crippen LogP contribution in [0.2, 0.25) is 0 Å². The van der Waals surface area contributed by atoms with E-state index in [2.05, 4.69) is 39.7 Å². The Morgan fingerprint density at radius 2 is 1.74 bits per heavy atom. The van der Waals surface area contributed by atoms with Gasteiger partial charge in [0.25, 0.3) is 0 Å². The number of rotatable bonds is 6. The first-order chi connectivity index (χ1) is 18.7. The van der Waals surface area contributed by atoms with Gasteiger partial charge in [0.05, 0.1) is 33.8 Å². The summed E-state index contributed by atoms with van der Waals surface area (Å²) in [6, 6.07) is 8.51. The molecule has 2 aromatic heterocycles. The minimum Gasteiger partial charge on any atom is -0.355 e. The topological polar surface area (TPSA) is 98.7 Å². The lowest BCUT2D eigenvalue weighted by molar-refractivity contribution is -0.119. The number of benzene rings is 1. The lowest BCUT2D eigenvalue weighted by atomic mass is 9.92. The summed E-state index contributed by atoms with van der Waals surface area (Å²) in [6.07, 6.45) is 8.77. The monoisotopic (exact) mass is 546 g/mol. The Hall–Kier alpha value is -3.24. The SMILES string of the molecule is CN1C(=O)C2(CC2)c2c1cnc1ccc(-c3cnc(N4CCC(N(C)C)CC4)c(NS(=O)(=O)C4CC4)c3)cc21. The Kier molecular flexibility index (Phi) is 5.48. The highest BCUT2D eigenvalue weighted by Gasteiger charge is 2.59. The van der Waals surface area contributed by atoms with Crippen LogP contribution in [0.4, 0.5) is 17.2 Å². The molecule has 0 radical (unpaired) electrons. The third-order valence-corrected chi connectivity index (χ3v) is 10.9. The van der Waals surface area contributed by atoms with E-state index in [4.69, 9.17) is 4.98 Å². The van der Waals surface area contributed by atoms with Crippen molar-refractivity contribution in [3.05, 3.63) is 42.2 Å². The fourth-order valence-corrected chi connectivity index (χ4v) is 7.78. The molecule has 2 aliphatic carbocycles. The van der Waals surface area contributed by atoms with Gasteiger partial charge in [-0.25, -0.2) is 13.4 Å². The quantitative estimate of drug-likeness (QED) is 0.503. The molecule has 1 amide bonds. The van der Waals surface area contributed by atoms with Gasteiger partial charge in [-0.1, -0.05) is 6.07 Å². The summed E-state index contributed by atoms with van der Waals surface area (Å²) in [6.45, 7) is 1.65. The van der Waals surface area contributed by atoms with E-state index in [1.165, 1.54) is 0 Å². The van der Waals surface area contributed by atoms with E-state index in [1.54, 1.807) is 4.90 Å². The number of sulfonamides is 1. The molecular formula is C29H34N6O3S. The predicted molar refractivity (Wildman–Crippen MR) is 154 cm³/mol. The first-order valence-corrected chi connectivity index (χ1v) is 15.4. The highest BCUT2D eigenvalue weighted by molar-refractivity contribution is 7.93. The van der Waals surface area contributed by atoms with Crippen LogP contribution in [0.5, 0.6) is 0 Å². The van der Waals surface area contributed by atoms with Gasteiger partial charge in [-0.3, -0.25) is 14.5 Å². The number of carbonyl (C=O) groups is 1. The van der Waals surface area contributed by atoms with E-state index >= 15 is 0 Å². The molecule has 3 aromatic rings. The van der Waals surface area contributed by atoms with Crippen LogP contribution in [0.15, 0.2) is 36.7 Å². The molecule has 1 N–H and O–H groups in total. The number of anilines is 3. The molecule has 0 atom stereocenters. The van der Waals surface area contributed by atoms with Gasteiger partial charge in [-0.15, -0.1) is 0 Å². The summed E-state index contributed by atoms with van der Waals surface area (Å²) in [7, 11) is 2.58. The van der Waals surface area contributed by atoms with Crippen LogP contribution in [-0.4, -0.2) is 74.7 Å². The van der Waals surface area contributed by atoms with Crippen LogP contribution >= 0.6 is 0 Å². The van der Waals surface area contributed by atoms with Gasteiger partial charge >= 0.3 is 0 Å². The van der Waals surface area contributed by atoms with Crippen LogP contribution in [0.25, 0.3) is 22.0 Å². The van der Waals surface area contributed by atoms with Crippen LogP contribution in [0, 0.1) is 0 Å². The second kappa shape index (κ2) is 8.63. The number of carbonyl (C=O) groups excluding carboxylic acids is 1. The number of nitrogens with zero attached hydrogens (tertiary/aromatic N) is 5. The van der Waals surface area contributed by atoms with Crippen molar-refractivity contribution in [3.8, 4) is 11.1 Å². The molecule has 7 rings (SSSR count). The van der Waals surface area contributed by atoms with Crippen molar-refractivity contribution in [1.29, 1.82) is 0 Å². The summed E-state index contributed by atoms with van der Waals surface area (Å²) < 4.78 is 28.9. The number of hydrogen-bond donors (Lipinski definition) is 1. The van der Waals surface area contributed by atoms with Crippen LogP contribution in [-0.2, 0) is 20.2 Å². The molecule has 1 saturated heterocycles. The second-order valence-electron chi connectivity index (χ2n) is 11.8. The van der Waals surface area contributed by atoms with Gasteiger partial charge in [0.15, 0.2) is 5.82 Å². The highest BCUT2D eigenvalue weighted by Crippen LogP contribution is 2.58. The number of aromatic nitrogens is 2. The zero-order valence-electron chi connectivity index (χ0n) is 22.6. The Morgan fingerprint density at radius 1 is 1.00 bits per heavy atom. The summed E-state index contributed by atoms with van der Waals surface area (Å²) in [5.74, 6) is 0.839. The Labute approximate surface area is 229 Å². The molecule has 1 spiro atoms. The smallest absolute Gasteiger partial charge is 0.237 e. The Morgan fingerprint density at radius 3 is 2.41 bits per heavy atom. The molecule has 1 aromatic carbocycles. The molecule has 9 nitrogen and oxygen atoms in total. The second-order valence-corrected chi connectivity index (χ2v) is 13.8. The average Bonchev–Trinajstić information content (AvgIpc) is 3.85. The molecule has 204 valence electrons. The van der Waals surface area contributed by atoms with E-state index in [-0.39, 0.29) is 11.2 Å². The molecule has 2 saturated carbocycles. The molecule has 3 fully saturated rings. The first-order valence-electron chi connectivity index (χ1n) is 13.8. The molecule has 4 aliphatic rings. The molecule has 39 heavy (non-hydrogen) atoms. The van der Waals surface area contributed by atoms with Crippen LogP contribution in [0.3, 0.4) is 0 Å². The van der Waals surface area contributed by atoms with E-state index < -0.39 is 15.4 Å². The van der Waals surface area contributed by atoms with Gasteiger partial charge in [0.2, 0.25) is 15.9 Å².